The molecule has 0 radical (unpaired) electrons. The first-order chi connectivity index (χ1) is 22.8. The normalized spacial score (nSPS) is 12.5. The summed E-state index contributed by atoms with van der Waals surface area (Å²) in [6.07, 6.45) is 0. The van der Waals surface area contributed by atoms with Crippen LogP contribution in [0.4, 0.5) is 0 Å². The monoisotopic (exact) mass is 683 g/mol. The maximum absolute atomic E-state index is 14.4. The van der Waals surface area contributed by atoms with E-state index >= 15 is 0 Å². The van der Waals surface area contributed by atoms with Crippen molar-refractivity contribution in [3.05, 3.63) is 151 Å². The molecule has 7 nitrogen and oxygen atoms in total. The van der Waals surface area contributed by atoms with Crippen molar-refractivity contribution < 1.29 is 32.2 Å². The quantitative estimate of drug-likeness (QED) is 0.108. The van der Waals surface area contributed by atoms with Gasteiger partial charge in [-0.15, -0.1) is 0 Å². The number of hydrogen-bond donors (Lipinski definition) is 0. The summed E-state index contributed by atoms with van der Waals surface area (Å²) in [5, 5.41) is -2.38. The van der Waals surface area contributed by atoms with Gasteiger partial charge in [0.1, 0.15) is 23.0 Å². The van der Waals surface area contributed by atoms with Crippen LogP contribution >= 0.6 is 15.6 Å². The molecule has 0 amide bonds. The lowest BCUT2D eigenvalue weighted by molar-refractivity contribution is 0.157. The van der Waals surface area contributed by atoms with Crippen molar-refractivity contribution >= 4 is 15.6 Å². The standard InChI is InChI=1S/C39H41O7P2/c1-37(2,31-24-28-34(29-25-31)44-47(40)38(3,4)42-32-16-10-7-11-17-32)30-22-26-33(27-23-30)43-39(5,6)48(41,45-35-18-12-8-13-19-35)46-36-20-14-9-15-21-36/h7-29H,1-6H3/q+1. The first kappa shape index (κ1) is 34.8. The Bertz CT molecular complexity index is 1790. The highest BCUT2D eigenvalue weighted by molar-refractivity contribution is 7.56. The van der Waals surface area contributed by atoms with Crippen LogP contribution in [0.5, 0.6) is 28.7 Å². The van der Waals surface area contributed by atoms with Crippen LogP contribution in [-0.2, 0) is 14.5 Å². The fraction of sp³-hybridized carbons (Fsp3) is 0.231. The summed E-state index contributed by atoms with van der Waals surface area (Å²) in [5.41, 5.74) is 1.69. The highest BCUT2D eigenvalue weighted by atomic mass is 31.2. The van der Waals surface area contributed by atoms with Gasteiger partial charge in [0.25, 0.3) is 0 Å². The van der Waals surface area contributed by atoms with Gasteiger partial charge in [0.2, 0.25) is 5.34 Å². The molecular formula is C39H41O7P2+. The Hall–Kier alpha value is -4.57. The van der Waals surface area contributed by atoms with E-state index in [1.165, 1.54) is 0 Å². The Balaban J connectivity index is 1.28. The molecule has 0 aliphatic heterocycles. The summed E-state index contributed by atoms with van der Waals surface area (Å²) in [7, 11) is -6.11. The molecule has 0 aliphatic carbocycles. The van der Waals surface area contributed by atoms with E-state index < -0.39 is 26.3 Å². The molecule has 0 aromatic heterocycles. The lowest BCUT2D eigenvalue weighted by Crippen LogP contribution is -2.33. The third-order valence-corrected chi connectivity index (χ3v) is 11.5. The number of benzene rings is 5. The van der Waals surface area contributed by atoms with Crippen molar-refractivity contribution in [3.8, 4) is 28.7 Å². The summed E-state index contributed by atoms with van der Waals surface area (Å²) in [6, 6.07) is 42.4. The zero-order valence-electron chi connectivity index (χ0n) is 28.0. The van der Waals surface area contributed by atoms with E-state index in [-0.39, 0.29) is 5.41 Å². The fourth-order valence-corrected chi connectivity index (χ4v) is 7.09. The SMILES string of the molecule is CC(C)(c1ccc(O[P+](=O)C(C)(C)Oc2ccccc2)cc1)c1ccc(OC(C)(C)P(=O)(Oc2ccccc2)Oc2ccccc2)cc1. The predicted molar refractivity (Wildman–Crippen MR) is 191 cm³/mol. The molecule has 0 fully saturated rings. The van der Waals surface area contributed by atoms with Crippen molar-refractivity contribution in [1.29, 1.82) is 0 Å². The molecule has 48 heavy (non-hydrogen) atoms. The summed E-state index contributed by atoms with van der Waals surface area (Å²) >= 11 is 0. The second kappa shape index (κ2) is 14.3. The zero-order chi connectivity index (χ0) is 34.4. The molecule has 0 heterocycles. The van der Waals surface area contributed by atoms with Crippen LogP contribution < -0.4 is 23.0 Å². The molecule has 5 aromatic carbocycles. The first-order valence-corrected chi connectivity index (χ1v) is 18.4. The summed E-state index contributed by atoms with van der Waals surface area (Å²) in [6.45, 7) is 11.1. The van der Waals surface area contributed by atoms with Gasteiger partial charge in [0, 0.05) is 19.3 Å². The Morgan fingerprint density at radius 1 is 0.479 bits per heavy atom. The number of rotatable bonds is 14. The molecule has 0 spiro atoms. The van der Waals surface area contributed by atoms with E-state index in [2.05, 4.69) is 13.8 Å². The van der Waals surface area contributed by atoms with Gasteiger partial charge in [-0.3, -0.25) is 4.52 Å². The Morgan fingerprint density at radius 2 is 0.854 bits per heavy atom. The number of ether oxygens (including phenoxy) is 2. The lowest BCUT2D eigenvalue weighted by Gasteiger charge is -2.33. The van der Waals surface area contributed by atoms with Crippen LogP contribution in [0.1, 0.15) is 52.7 Å². The van der Waals surface area contributed by atoms with Gasteiger partial charge in [0.15, 0.2) is 5.75 Å². The average Bonchev–Trinajstić information content (AvgIpc) is 3.06. The van der Waals surface area contributed by atoms with E-state index in [0.717, 1.165) is 11.1 Å². The fourth-order valence-electron chi connectivity index (χ4n) is 4.88. The maximum atomic E-state index is 14.4. The summed E-state index contributed by atoms with van der Waals surface area (Å²) in [5.74, 6) is 2.46. The van der Waals surface area contributed by atoms with Gasteiger partial charge in [0.05, 0.1) is 0 Å². The topological polar surface area (TPSA) is 80.3 Å². The van der Waals surface area contributed by atoms with E-state index in [9.17, 15) is 9.13 Å². The predicted octanol–water partition coefficient (Wildman–Crippen LogP) is 11.4. The summed E-state index contributed by atoms with van der Waals surface area (Å²) in [4.78, 5) is 0. The third-order valence-electron chi connectivity index (χ3n) is 7.86. The van der Waals surface area contributed by atoms with E-state index in [4.69, 9.17) is 23.0 Å². The van der Waals surface area contributed by atoms with Crippen molar-refractivity contribution in [3.63, 3.8) is 0 Å². The highest BCUT2D eigenvalue weighted by Crippen LogP contribution is 2.59. The minimum Gasteiger partial charge on any atom is -0.473 e. The molecule has 1 atom stereocenters. The molecule has 248 valence electrons. The molecule has 0 bridgehead atoms. The third kappa shape index (κ3) is 8.28. The Kier molecular flexibility index (Phi) is 10.3. The molecule has 0 saturated heterocycles. The van der Waals surface area contributed by atoms with Crippen LogP contribution in [-0.4, -0.2) is 10.7 Å². The smallest absolute Gasteiger partial charge is 0.473 e. The molecule has 5 rings (SSSR count). The lowest BCUT2D eigenvalue weighted by atomic mass is 9.78. The van der Waals surface area contributed by atoms with Crippen LogP contribution in [0, 0.1) is 0 Å². The second-order valence-corrected chi connectivity index (χ2v) is 16.9. The first-order valence-electron chi connectivity index (χ1n) is 15.7. The highest BCUT2D eigenvalue weighted by Gasteiger charge is 2.50. The van der Waals surface area contributed by atoms with Gasteiger partial charge in [-0.25, -0.2) is 4.57 Å². The number of para-hydroxylation sites is 3. The molecule has 0 aliphatic rings. The van der Waals surface area contributed by atoms with Gasteiger partial charge in [-0.1, -0.05) is 92.7 Å². The van der Waals surface area contributed by atoms with Crippen LogP contribution in [0.3, 0.4) is 0 Å². The molecule has 1 unspecified atom stereocenters. The van der Waals surface area contributed by atoms with Crippen molar-refractivity contribution in [2.75, 3.05) is 0 Å². The van der Waals surface area contributed by atoms with E-state index in [1.54, 1.807) is 76.2 Å². The van der Waals surface area contributed by atoms with Crippen molar-refractivity contribution in [2.45, 2.75) is 57.6 Å². The molecule has 9 heteroatoms. The second-order valence-electron chi connectivity index (χ2n) is 12.7. The van der Waals surface area contributed by atoms with E-state index in [0.29, 0.717) is 28.7 Å². The largest absolute Gasteiger partial charge is 0.604 e. The van der Waals surface area contributed by atoms with Gasteiger partial charge in [-0.2, -0.15) is 0 Å². The molecule has 0 N–H and O–H groups in total. The van der Waals surface area contributed by atoms with Crippen LogP contribution in [0.15, 0.2) is 140 Å². The summed E-state index contributed by atoms with van der Waals surface area (Å²) < 4.78 is 57.6. The Labute approximate surface area is 284 Å². The van der Waals surface area contributed by atoms with Crippen molar-refractivity contribution in [2.24, 2.45) is 0 Å². The number of hydrogen-bond acceptors (Lipinski definition) is 7. The minimum absolute atomic E-state index is 0.382. The van der Waals surface area contributed by atoms with Crippen molar-refractivity contribution in [1.82, 2.24) is 0 Å². The van der Waals surface area contributed by atoms with Gasteiger partial charge >= 0.3 is 21.0 Å². The van der Waals surface area contributed by atoms with Crippen LogP contribution in [0.25, 0.3) is 0 Å². The molecular weight excluding hydrogens is 642 g/mol. The minimum atomic E-state index is -3.93. The zero-order valence-corrected chi connectivity index (χ0v) is 29.8. The maximum Gasteiger partial charge on any atom is 0.604 e. The molecule has 0 saturated carbocycles. The van der Waals surface area contributed by atoms with Crippen LogP contribution in [0.2, 0.25) is 0 Å². The van der Waals surface area contributed by atoms with Gasteiger partial charge < -0.3 is 18.5 Å². The Morgan fingerprint density at radius 3 is 1.29 bits per heavy atom. The van der Waals surface area contributed by atoms with Gasteiger partial charge in [-0.05, 0) is 90.2 Å². The average molecular weight is 684 g/mol. The molecule has 5 aromatic rings. The van der Waals surface area contributed by atoms with E-state index in [1.807, 2.05) is 91.0 Å².